The van der Waals surface area contributed by atoms with Gasteiger partial charge in [-0.2, -0.15) is 5.10 Å². The van der Waals surface area contributed by atoms with Crippen molar-refractivity contribution >= 4 is 17.5 Å². The summed E-state index contributed by atoms with van der Waals surface area (Å²) < 4.78 is 7.24. The lowest BCUT2D eigenvalue weighted by Crippen LogP contribution is -2.24. The van der Waals surface area contributed by atoms with E-state index in [0.717, 1.165) is 17.7 Å². The number of hydrogen-bond acceptors (Lipinski definition) is 3. The van der Waals surface area contributed by atoms with Crippen molar-refractivity contribution in [1.82, 2.24) is 15.1 Å². The maximum absolute atomic E-state index is 11.7. The van der Waals surface area contributed by atoms with E-state index in [1.807, 2.05) is 26.0 Å². The maximum Gasteiger partial charge on any atom is 0.271 e. The molecule has 0 saturated carbocycles. The van der Waals surface area contributed by atoms with Gasteiger partial charge in [-0.1, -0.05) is 18.5 Å². The quantitative estimate of drug-likeness (QED) is 0.892. The third kappa shape index (κ3) is 4.23. The lowest BCUT2D eigenvalue weighted by Gasteiger charge is -2.09. The summed E-state index contributed by atoms with van der Waals surface area (Å²) in [5, 5.41) is 7.63. The summed E-state index contributed by atoms with van der Waals surface area (Å²) in [4.78, 5) is 11.7. The van der Waals surface area contributed by atoms with Crippen molar-refractivity contribution in [2.75, 3.05) is 6.54 Å². The van der Waals surface area contributed by atoms with E-state index >= 15 is 0 Å². The second kappa shape index (κ2) is 7.13. The van der Waals surface area contributed by atoms with Gasteiger partial charge in [-0.05, 0) is 43.2 Å². The molecule has 0 fully saturated rings. The number of carbonyl (C=O) groups is 1. The van der Waals surface area contributed by atoms with Crippen LogP contribution in [-0.2, 0) is 6.73 Å². The number of aryl methyl sites for hydroxylation is 1. The van der Waals surface area contributed by atoms with Crippen LogP contribution in [0.4, 0.5) is 0 Å². The molecular weight excluding hydrogens is 290 g/mol. The number of benzene rings is 1. The molecule has 0 saturated heterocycles. The van der Waals surface area contributed by atoms with Gasteiger partial charge in [0.2, 0.25) is 0 Å². The van der Waals surface area contributed by atoms with Gasteiger partial charge in [0.1, 0.15) is 11.4 Å². The van der Waals surface area contributed by atoms with Gasteiger partial charge in [0, 0.05) is 17.8 Å². The molecular formula is C15H18ClN3O2. The molecule has 0 aliphatic rings. The van der Waals surface area contributed by atoms with Crippen LogP contribution in [0, 0.1) is 6.92 Å². The monoisotopic (exact) mass is 307 g/mol. The molecule has 21 heavy (non-hydrogen) atoms. The zero-order valence-corrected chi connectivity index (χ0v) is 12.9. The molecule has 2 rings (SSSR count). The minimum absolute atomic E-state index is 0.168. The molecule has 112 valence electrons. The van der Waals surface area contributed by atoms with E-state index in [4.69, 9.17) is 16.3 Å². The van der Waals surface area contributed by atoms with Crippen LogP contribution in [0.3, 0.4) is 0 Å². The molecule has 2 aromatic rings. The highest BCUT2D eigenvalue weighted by Crippen LogP contribution is 2.21. The highest BCUT2D eigenvalue weighted by atomic mass is 35.5. The van der Waals surface area contributed by atoms with Crippen molar-refractivity contribution < 1.29 is 9.53 Å². The van der Waals surface area contributed by atoms with Crippen LogP contribution in [-0.4, -0.2) is 22.2 Å². The Morgan fingerprint density at radius 3 is 2.95 bits per heavy atom. The van der Waals surface area contributed by atoms with Gasteiger partial charge in [-0.25, -0.2) is 4.68 Å². The number of amides is 1. The van der Waals surface area contributed by atoms with Crippen molar-refractivity contribution in [3.8, 4) is 5.75 Å². The molecule has 0 unspecified atom stereocenters. The SMILES string of the molecule is CCCNC(=O)c1ccn(COc2ccc(Cl)cc2C)n1. The van der Waals surface area contributed by atoms with Crippen molar-refractivity contribution in [2.24, 2.45) is 0 Å². The van der Waals surface area contributed by atoms with Crippen molar-refractivity contribution in [2.45, 2.75) is 27.0 Å². The zero-order valence-electron chi connectivity index (χ0n) is 12.1. The number of halogens is 1. The lowest BCUT2D eigenvalue weighted by atomic mass is 10.2. The predicted molar refractivity (Wildman–Crippen MR) is 81.7 cm³/mol. The highest BCUT2D eigenvalue weighted by molar-refractivity contribution is 6.30. The van der Waals surface area contributed by atoms with Gasteiger partial charge >= 0.3 is 0 Å². The van der Waals surface area contributed by atoms with Gasteiger partial charge < -0.3 is 10.1 Å². The molecule has 0 bridgehead atoms. The number of rotatable bonds is 6. The Hall–Kier alpha value is -2.01. The van der Waals surface area contributed by atoms with E-state index in [0.29, 0.717) is 17.3 Å². The van der Waals surface area contributed by atoms with Gasteiger partial charge in [-0.15, -0.1) is 0 Å². The first-order chi connectivity index (χ1) is 10.1. The normalized spacial score (nSPS) is 10.4. The van der Waals surface area contributed by atoms with E-state index in [1.165, 1.54) is 0 Å². The van der Waals surface area contributed by atoms with E-state index < -0.39 is 0 Å². The minimum atomic E-state index is -0.168. The molecule has 1 N–H and O–H groups in total. The van der Waals surface area contributed by atoms with Crippen LogP contribution in [0.25, 0.3) is 0 Å². The van der Waals surface area contributed by atoms with Crippen LogP contribution in [0.2, 0.25) is 5.02 Å². The van der Waals surface area contributed by atoms with E-state index in [1.54, 1.807) is 23.0 Å². The largest absolute Gasteiger partial charge is 0.471 e. The number of aromatic nitrogens is 2. The Bertz CT molecular complexity index is 625. The van der Waals surface area contributed by atoms with Crippen LogP contribution in [0.15, 0.2) is 30.5 Å². The Morgan fingerprint density at radius 1 is 1.43 bits per heavy atom. The van der Waals surface area contributed by atoms with Crippen molar-refractivity contribution in [3.63, 3.8) is 0 Å². The predicted octanol–water partition coefficient (Wildman–Crippen LogP) is 3.02. The summed E-state index contributed by atoms with van der Waals surface area (Å²) in [6, 6.07) is 7.10. The van der Waals surface area contributed by atoms with E-state index in [-0.39, 0.29) is 12.6 Å². The van der Waals surface area contributed by atoms with Crippen LogP contribution in [0.5, 0.6) is 5.75 Å². The fourth-order valence-electron chi connectivity index (χ4n) is 1.79. The fraction of sp³-hybridized carbons (Fsp3) is 0.333. The number of hydrogen-bond donors (Lipinski definition) is 1. The lowest BCUT2D eigenvalue weighted by molar-refractivity contribution is 0.0946. The first-order valence-electron chi connectivity index (χ1n) is 6.80. The average molecular weight is 308 g/mol. The molecule has 5 nitrogen and oxygen atoms in total. The molecule has 1 aromatic carbocycles. The zero-order chi connectivity index (χ0) is 15.2. The summed E-state index contributed by atoms with van der Waals surface area (Å²) >= 11 is 5.90. The smallest absolute Gasteiger partial charge is 0.271 e. The van der Waals surface area contributed by atoms with E-state index in [9.17, 15) is 4.79 Å². The Balaban J connectivity index is 1.95. The second-order valence-corrected chi connectivity index (χ2v) is 5.12. The number of ether oxygens (including phenoxy) is 1. The Labute approximate surface area is 128 Å². The number of carbonyl (C=O) groups excluding carboxylic acids is 1. The standard InChI is InChI=1S/C15H18ClN3O2/c1-3-7-17-15(20)13-6-8-19(18-13)10-21-14-5-4-12(16)9-11(14)2/h4-6,8-9H,3,7,10H2,1-2H3,(H,17,20). The van der Waals surface area contributed by atoms with E-state index in [2.05, 4.69) is 10.4 Å². The molecule has 1 amide bonds. The summed E-state index contributed by atoms with van der Waals surface area (Å²) in [5.41, 5.74) is 1.34. The fourth-order valence-corrected chi connectivity index (χ4v) is 2.02. The summed E-state index contributed by atoms with van der Waals surface area (Å²) in [5.74, 6) is 0.574. The third-order valence-corrected chi connectivity index (χ3v) is 3.13. The molecule has 1 heterocycles. The van der Waals surface area contributed by atoms with Gasteiger partial charge in [0.15, 0.2) is 6.73 Å². The number of nitrogens with one attached hydrogen (secondary N) is 1. The average Bonchev–Trinajstić information content (AvgIpc) is 2.93. The first kappa shape index (κ1) is 15.4. The van der Waals surface area contributed by atoms with Crippen molar-refractivity contribution in [3.05, 3.63) is 46.7 Å². The van der Waals surface area contributed by atoms with Gasteiger partial charge in [-0.3, -0.25) is 4.79 Å². The third-order valence-electron chi connectivity index (χ3n) is 2.90. The van der Waals surface area contributed by atoms with Crippen LogP contribution >= 0.6 is 11.6 Å². The molecule has 0 aliphatic carbocycles. The van der Waals surface area contributed by atoms with Crippen LogP contribution < -0.4 is 10.1 Å². The minimum Gasteiger partial charge on any atom is -0.471 e. The Kier molecular flexibility index (Phi) is 5.22. The molecule has 6 heteroatoms. The molecule has 0 radical (unpaired) electrons. The summed E-state index contributed by atoms with van der Waals surface area (Å²) in [6.45, 7) is 4.81. The Morgan fingerprint density at radius 2 is 2.24 bits per heavy atom. The first-order valence-corrected chi connectivity index (χ1v) is 7.18. The van der Waals surface area contributed by atoms with Crippen molar-refractivity contribution in [1.29, 1.82) is 0 Å². The van der Waals surface area contributed by atoms with Gasteiger partial charge in [0.25, 0.3) is 5.91 Å². The highest BCUT2D eigenvalue weighted by Gasteiger charge is 2.08. The molecule has 0 spiro atoms. The van der Waals surface area contributed by atoms with Crippen LogP contribution in [0.1, 0.15) is 29.4 Å². The maximum atomic E-state index is 11.7. The molecule has 0 atom stereocenters. The number of nitrogens with zero attached hydrogens (tertiary/aromatic N) is 2. The van der Waals surface area contributed by atoms with Gasteiger partial charge in [0.05, 0.1) is 0 Å². The topological polar surface area (TPSA) is 56.2 Å². The molecule has 1 aromatic heterocycles. The molecule has 0 aliphatic heterocycles. The summed E-state index contributed by atoms with van der Waals surface area (Å²) in [6.07, 6.45) is 2.61. The summed E-state index contributed by atoms with van der Waals surface area (Å²) in [7, 11) is 0. The second-order valence-electron chi connectivity index (χ2n) is 4.68.